The number of hydrogen-bond acceptors (Lipinski definition) is 3. The zero-order valence-corrected chi connectivity index (χ0v) is 14.1. The molecule has 0 aliphatic rings. The molecular formula is C18H26ClN3. The van der Waals surface area contributed by atoms with Crippen molar-refractivity contribution in [3.63, 3.8) is 0 Å². The van der Waals surface area contributed by atoms with Crippen molar-refractivity contribution in [1.29, 1.82) is 0 Å². The van der Waals surface area contributed by atoms with Crippen LogP contribution in [-0.2, 0) is 0 Å². The average molecular weight is 324 g/mol. The van der Waals surface area contributed by atoms with E-state index in [0.717, 1.165) is 16.6 Å². The van der Waals surface area contributed by atoms with E-state index >= 15 is 0 Å². The molecule has 1 aromatic heterocycles. The van der Waals surface area contributed by atoms with Crippen LogP contribution in [0.15, 0.2) is 30.5 Å². The Morgan fingerprint density at radius 2 is 2.09 bits per heavy atom. The van der Waals surface area contributed by atoms with Crippen molar-refractivity contribution in [1.82, 2.24) is 9.88 Å². The van der Waals surface area contributed by atoms with Crippen molar-refractivity contribution in [3.05, 3.63) is 35.5 Å². The molecule has 2 rings (SSSR count). The van der Waals surface area contributed by atoms with Crippen LogP contribution in [0.1, 0.15) is 39.0 Å². The minimum absolute atomic E-state index is 0.0356. The lowest BCUT2D eigenvalue weighted by atomic mass is 10.1. The lowest BCUT2D eigenvalue weighted by molar-refractivity contribution is 0.295. The van der Waals surface area contributed by atoms with Gasteiger partial charge in [-0.05, 0) is 63.6 Å². The van der Waals surface area contributed by atoms with Crippen molar-refractivity contribution in [3.8, 4) is 0 Å². The largest absolute Gasteiger partial charge is 0.382 e. The van der Waals surface area contributed by atoms with E-state index in [1.807, 2.05) is 32.9 Å². The van der Waals surface area contributed by atoms with Crippen molar-refractivity contribution in [2.45, 2.75) is 39.6 Å². The van der Waals surface area contributed by atoms with Crippen molar-refractivity contribution >= 4 is 28.2 Å². The van der Waals surface area contributed by atoms with Gasteiger partial charge >= 0.3 is 0 Å². The highest BCUT2D eigenvalue weighted by atomic mass is 35.5. The predicted molar refractivity (Wildman–Crippen MR) is 96.9 cm³/mol. The summed E-state index contributed by atoms with van der Waals surface area (Å²) in [4.78, 5) is 5.82. The molecule has 1 unspecified atom stereocenters. The number of fused-ring (bicyclic) bond motifs is 1. The second-order valence-electron chi connectivity index (χ2n) is 5.23. The van der Waals surface area contributed by atoms with Gasteiger partial charge in [0.05, 0.1) is 5.52 Å². The molecule has 0 bridgehead atoms. The summed E-state index contributed by atoms with van der Waals surface area (Å²) in [6, 6.07) is 7.02. The number of benzene rings is 1. The Morgan fingerprint density at radius 3 is 2.82 bits per heavy atom. The third-order valence-electron chi connectivity index (χ3n) is 3.52. The predicted octanol–water partition coefficient (Wildman–Crippen LogP) is 4.81. The number of pyridine rings is 1. The first-order valence-electron chi connectivity index (χ1n) is 9.68. The first kappa shape index (κ1) is 12.1. The van der Waals surface area contributed by atoms with Crippen molar-refractivity contribution < 1.29 is 5.48 Å². The van der Waals surface area contributed by atoms with E-state index in [4.69, 9.17) is 17.1 Å². The SMILES string of the molecule is [2H]C([2H])(CC(C)Nc1ccnc2cc(Cl)ccc12)C([2H])([2H])N(CC)CC. The molecule has 1 atom stereocenters. The second kappa shape index (κ2) is 8.35. The molecule has 0 fully saturated rings. The fourth-order valence-corrected chi connectivity index (χ4v) is 2.42. The highest BCUT2D eigenvalue weighted by Crippen LogP contribution is 2.25. The van der Waals surface area contributed by atoms with Gasteiger partial charge in [-0.3, -0.25) is 4.98 Å². The van der Waals surface area contributed by atoms with E-state index in [2.05, 4.69) is 10.3 Å². The fraction of sp³-hybridized carbons (Fsp3) is 0.500. The summed E-state index contributed by atoms with van der Waals surface area (Å²) in [5.41, 5.74) is 1.59. The van der Waals surface area contributed by atoms with Crippen LogP contribution in [0, 0.1) is 0 Å². The second-order valence-corrected chi connectivity index (χ2v) is 5.67. The third kappa shape index (κ3) is 4.59. The molecule has 22 heavy (non-hydrogen) atoms. The molecule has 0 saturated heterocycles. The average Bonchev–Trinajstić information content (AvgIpc) is 2.54. The normalized spacial score (nSPS) is 16.8. The molecule has 2 aromatic rings. The van der Waals surface area contributed by atoms with Gasteiger partial charge in [0.2, 0.25) is 0 Å². The van der Waals surface area contributed by atoms with Crippen molar-refractivity contribution in [2.75, 3.05) is 24.9 Å². The van der Waals surface area contributed by atoms with Crippen LogP contribution in [-0.4, -0.2) is 35.5 Å². The monoisotopic (exact) mass is 323 g/mol. The zero-order chi connectivity index (χ0) is 19.5. The molecule has 120 valence electrons. The van der Waals surface area contributed by atoms with Gasteiger partial charge in [-0.1, -0.05) is 25.4 Å². The quantitative estimate of drug-likeness (QED) is 0.755. The topological polar surface area (TPSA) is 28.2 Å². The Morgan fingerprint density at radius 1 is 1.32 bits per heavy atom. The van der Waals surface area contributed by atoms with Crippen LogP contribution in [0.4, 0.5) is 5.69 Å². The van der Waals surface area contributed by atoms with Gasteiger partial charge in [0, 0.05) is 33.8 Å². The Hall–Kier alpha value is -1.32. The summed E-state index contributed by atoms with van der Waals surface area (Å²) in [5, 5.41) is 4.81. The van der Waals surface area contributed by atoms with Crippen LogP contribution in [0.25, 0.3) is 10.9 Å². The number of halogens is 1. The number of aromatic nitrogens is 1. The van der Waals surface area contributed by atoms with Crippen LogP contribution in [0.2, 0.25) is 5.02 Å². The number of anilines is 1. The summed E-state index contributed by atoms with van der Waals surface area (Å²) in [6.07, 6.45) is -0.289. The molecule has 0 amide bonds. The first-order valence-corrected chi connectivity index (χ1v) is 8.06. The van der Waals surface area contributed by atoms with Gasteiger partial charge in [-0.25, -0.2) is 0 Å². The lowest BCUT2D eigenvalue weighted by Crippen LogP contribution is -2.25. The fourth-order valence-electron chi connectivity index (χ4n) is 2.26. The highest BCUT2D eigenvalue weighted by Gasteiger charge is 2.07. The third-order valence-corrected chi connectivity index (χ3v) is 3.75. The number of hydrogen-bond donors (Lipinski definition) is 1. The maximum absolute atomic E-state index is 8.33. The first-order chi connectivity index (χ1) is 12.1. The zero-order valence-electron chi connectivity index (χ0n) is 17.4. The van der Waals surface area contributed by atoms with Gasteiger partial charge in [0.1, 0.15) is 0 Å². The van der Waals surface area contributed by atoms with Gasteiger partial charge < -0.3 is 10.2 Å². The molecule has 0 radical (unpaired) electrons. The van der Waals surface area contributed by atoms with Gasteiger partial charge in [0.15, 0.2) is 0 Å². The summed E-state index contributed by atoms with van der Waals surface area (Å²) in [6.45, 7) is 4.42. The summed E-state index contributed by atoms with van der Waals surface area (Å²) < 4.78 is 33.2. The maximum Gasteiger partial charge on any atom is 0.0737 e. The minimum Gasteiger partial charge on any atom is -0.382 e. The minimum atomic E-state index is -2.04. The Labute approximate surface area is 144 Å². The standard InChI is InChI=1S/C18H26ClN3/c1-4-22(5-2)12-6-7-14(3)21-17-10-11-20-18-13-15(19)8-9-16(17)18/h8-11,13-14H,4-7,12H2,1-3H3,(H,20,21)/i6D2,12D2. The smallest absolute Gasteiger partial charge is 0.0737 e. The molecule has 4 heteroatoms. The molecular weight excluding hydrogens is 294 g/mol. The number of nitrogens with zero attached hydrogens (tertiary/aromatic N) is 2. The molecule has 0 aliphatic heterocycles. The van der Waals surface area contributed by atoms with Crippen LogP contribution < -0.4 is 5.32 Å². The van der Waals surface area contributed by atoms with Gasteiger partial charge in [-0.15, -0.1) is 0 Å². The van der Waals surface area contributed by atoms with E-state index in [1.165, 1.54) is 4.90 Å². The maximum atomic E-state index is 8.33. The molecule has 0 saturated carbocycles. The molecule has 1 heterocycles. The van der Waals surface area contributed by atoms with Gasteiger partial charge in [0.25, 0.3) is 0 Å². The molecule has 1 aromatic carbocycles. The van der Waals surface area contributed by atoms with E-state index in [9.17, 15) is 0 Å². The molecule has 0 spiro atoms. The van der Waals surface area contributed by atoms with Crippen LogP contribution >= 0.6 is 11.6 Å². The van der Waals surface area contributed by atoms with Crippen LogP contribution in [0.3, 0.4) is 0 Å². The number of rotatable bonds is 8. The van der Waals surface area contributed by atoms with Crippen molar-refractivity contribution in [2.24, 2.45) is 0 Å². The van der Waals surface area contributed by atoms with E-state index in [-0.39, 0.29) is 12.5 Å². The van der Waals surface area contributed by atoms with E-state index in [1.54, 1.807) is 18.3 Å². The molecule has 1 N–H and O–H groups in total. The van der Waals surface area contributed by atoms with E-state index in [0.29, 0.717) is 18.1 Å². The van der Waals surface area contributed by atoms with Crippen LogP contribution in [0.5, 0.6) is 0 Å². The Balaban J connectivity index is 2.19. The lowest BCUT2D eigenvalue weighted by Gasteiger charge is -2.20. The Kier molecular flexibility index (Phi) is 4.61. The highest BCUT2D eigenvalue weighted by molar-refractivity contribution is 6.31. The summed E-state index contributed by atoms with van der Waals surface area (Å²) in [7, 11) is 0. The van der Waals surface area contributed by atoms with Gasteiger partial charge in [-0.2, -0.15) is 0 Å². The van der Waals surface area contributed by atoms with E-state index < -0.39 is 12.9 Å². The number of nitrogens with one attached hydrogen (secondary N) is 1. The summed E-state index contributed by atoms with van der Waals surface area (Å²) >= 11 is 6.01. The molecule has 0 aliphatic carbocycles. The summed E-state index contributed by atoms with van der Waals surface area (Å²) in [5.74, 6) is 0. The molecule has 3 nitrogen and oxygen atoms in total. The Bertz CT molecular complexity index is 750.